The molecule has 25 heavy (non-hydrogen) atoms. The lowest BCUT2D eigenvalue weighted by Crippen LogP contribution is -2.47. The van der Waals surface area contributed by atoms with Crippen molar-refractivity contribution in [2.45, 2.75) is 66.2 Å². The topological polar surface area (TPSA) is 51.2 Å². The highest BCUT2D eigenvalue weighted by atomic mass is 16.1. The van der Waals surface area contributed by atoms with E-state index in [2.05, 4.69) is 26.8 Å². The van der Waals surface area contributed by atoms with Crippen LogP contribution in [0.5, 0.6) is 0 Å². The van der Waals surface area contributed by atoms with E-state index in [-0.39, 0.29) is 34.2 Å². The second-order valence-corrected chi connectivity index (χ2v) is 9.26. The third-order valence-electron chi connectivity index (χ3n) is 7.80. The molecular weight excluding hydrogens is 312 g/mol. The minimum absolute atomic E-state index is 0.00816. The fraction of sp³-hybridized carbons (Fsp3) is 0.682. The molecular formula is C22H28O3. The molecule has 0 bridgehead atoms. The number of ketones is 3. The standard InChI is InChI=1S/C22H28O3/c1-12-9-14-10-15(24)7-8-21(14,3)20-18(25)11-22(4)16(13(2)23)5-6-17(22)19(12)20/h9,12,16-17H,5-8,10-11H2,1-4H3/t12?,16-,17+,21+,22-/m1/s1. The van der Waals surface area contributed by atoms with Gasteiger partial charge in [-0.1, -0.05) is 38.0 Å². The number of allylic oxidation sites excluding steroid dienone is 4. The minimum Gasteiger partial charge on any atom is -0.300 e. The van der Waals surface area contributed by atoms with Gasteiger partial charge in [0, 0.05) is 36.2 Å². The Bertz CT molecular complexity index is 755. The molecule has 4 aliphatic rings. The predicted octanol–water partition coefficient (Wildman–Crippen LogP) is 4.21. The van der Waals surface area contributed by atoms with Gasteiger partial charge in [0.25, 0.3) is 0 Å². The zero-order valence-electron chi connectivity index (χ0n) is 15.8. The Morgan fingerprint density at radius 3 is 2.60 bits per heavy atom. The molecule has 0 spiro atoms. The third-order valence-corrected chi connectivity index (χ3v) is 7.80. The number of fused-ring (bicyclic) bond motifs is 4. The van der Waals surface area contributed by atoms with Crippen molar-refractivity contribution in [3.05, 3.63) is 22.8 Å². The Hall–Kier alpha value is -1.51. The van der Waals surface area contributed by atoms with Gasteiger partial charge in [0.15, 0.2) is 5.78 Å². The number of carbonyl (C=O) groups excluding carboxylic acids is 3. The predicted molar refractivity (Wildman–Crippen MR) is 95.9 cm³/mol. The molecule has 0 aromatic carbocycles. The van der Waals surface area contributed by atoms with Crippen molar-refractivity contribution in [1.29, 1.82) is 0 Å². The van der Waals surface area contributed by atoms with Gasteiger partial charge in [-0.3, -0.25) is 14.4 Å². The van der Waals surface area contributed by atoms with Crippen molar-refractivity contribution in [2.24, 2.45) is 28.6 Å². The Balaban J connectivity index is 1.86. The van der Waals surface area contributed by atoms with Crippen molar-refractivity contribution >= 4 is 17.3 Å². The third kappa shape index (κ3) is 2.14. The fourth-order valence-corrected chi connectivity index (χ4v) is 6.57. The van der Waals surface area contributed by atoms with Crippen molar-refractivity contribution < 1.29 is 14.4 Å². The van der Waals surface area contributed by atoms with Crippen LogP contribution in [0, 0.1) is 28.6 Å². The lowest BCUT2D eigenvalue weighted by atomic mass is 9.52. The van der Waals surface area contributed by atoms with Crippen LogP contribution in [0.25, 0.3) is 0 Å². The molecule has 0 aromatic heterocycles. The van der Waals surface area contributed by atoms with Crippen LogP contribution in [0.2, 0.25) is 0 Å². The van der Waals surface area contributed by atoms with E-state index < -0.39 is 0 Å². The largest absolute Gasteiger partial charge is 0.300 e. The maximum Gasteiger partial charge on any atom is 0.160 e. The lowest BCUT2D eigenvalue weighted by molar-refractivity contribution is -0.128. The van der Waals surface area contributed by atoms with Crippen LogP contribution in [0.4, 0.5) is 0 Å². The van der Waals surface area contributed by atoms with E-state index in [0.29, 0.717) is 31.0 Å². The number of hydrogen-bond acceptors (Lipinski definition) is 3. The average Bonchev–Trinajstić information content (AvgIpc) is 2.85. The molecule has 0 aliphatic heterocycles. The summed E-state index contributed by atoms with van der Waals surface area (Å²) in [4.78, 5) is 37.5. The average molecular weight is 340 g/mol. The monoisotopic (exact) mass is 340 g/mol. The summed E-state index contributed by atoms with van der Waals surface area (Å²) in [6, 6.07) is 0. The molecule has 2 saturated carbocycles. The first-order valence-corrected chi connectivity index (χ1v) is 9.69. The zero-order valence-corrected chi connectivity index (χ0v) is 15.8. The molecule has 3 nitrogen and oxygen atoms in total. The van der Waals surface area contributed by atoms with Crippen molar-refractivity contribution in [2.75, 3.05) is 0 Å². The molecule has 0 heterocycles. The summed E-state index contributed by atoms with van der Waals surface area (Å²) in [5.41, 5.74) is 2.98. The molecule has 4 aliphatic carbocycles. The van der Waals surface area contributed by atoms with E-state index >= 15 is 0 Å². The van der Waals surface area contributed by atoms with E-state index in [1.807, 2.05) is 0 Å². The van der Waals surface area contributed by atoms with Gasteiger partial charge < -0.3 is 0 Å². The Kier molecular flexibility index (Phi) is 3.55. The van der Waals surface area contributed by atoms with E-state index in [0.717, 1.165) is 30.4 Å². The van der Waals surface area contributed by atoms with Gasteiger partial charge in [-0.2, -0.15) is 0 Å². The van der Waals surface area contributed by atoms with Crippen molar-refractivity contribution in [3.8, 4) is 0 Å². The van der Waals surface area contributed by atoms with E-state index in [9.17, 15) is 14.4 Å². The molecule has 0 amide bonds. The maximum absolute atomic E-state index is 13.4. The summed E-state index contributed by atoms with van der Waals surface area (Å²) in [5.74, 6) is 1.30. The quantitative estimate of drug-likeness (QED) is 0.672. The van der Waals surface area contributed by atoms with Crippen LogP contribution in [0.3, 0.4) is 0 Å². The van der Waals surface area contributed by atoms with Crippen LogP contribution < -0.4 is 0 Å². The fourth-order valence-electron chi connectivity index (χ4n) is 6.57. The highest BCUT2D eigenvalue weighted by Gasteiger charge is 2.58. The summed E-state index contributed by atoms with van der Waals surface area (Å²) in [6.07, 6.45) is 6.50. The van der Waals surface area contributed by atoms with Gasteiger partial charge in [-0.15, -0.1) is 0 Å². The first-order valence-electron chi connectivity index (χ1n) is 9.69. The van der Waals surface area contributed by atoms with E-state index in [4.69, 9.17) is 0 Å². The first kappa shape index (κ1) is 16.9. The van der Waals surface area contributed by atoms with Crippen LogP contribution >= 0.6 is 0 Å². The highest BCUT2D eigenvalue weighted by Crippen LogP contribution is 2.63. The highest BCUT2D eigenvalue weighted by molar-refractivity contribution is 6.02. The summed E-state index contributed by atoms with van der Waals surface area (Å²) in [6.45, 7) is 8.19. The molecule has 0 radical (unpaired) electrons. The molecule has 0 aromatic rings. The molecule has 5 atom stereocenters. The SMILES string of the molecule is CC(=O)[C@H]1CC[C@H]2C3=C(C(=O)C[C@]12C)[C@@]1(C)CCC(=O)CC1=CC3C. The molecule has 0 saturated heterocycles. The molecule has 1 unspecified atom stereocenters. The Morgan fingerprint density at radius 1 is 1.20 bits per heavy atom. The van der Waals surface area contributed by atoms with E-state index in [1.165, 1.54) is 5.57 Å². The Morgan fingerprint density at radius 2 is 1.92 bits per heavy atom. The maximum atomic E-state index is 13.4. The molecule has 4 rings (SSSR count). The van der Waals surface area contributed by atoms with Gasteiger partial charge in [-0.25, -0.2) is 0 Å². The summed E-state index contributed by atoms with van der Waals surface area (Å²) in [7, 11) is 0. The Labute approximate surface area is 149 Å². The molecule has 0 N–H and O–H groups in total. The van der Waals surface area contributed by atoms with Crippen LogP contribution in [-0.2, 0) is 14.4 Å². The molecule has 2 fully saturated rings. The van der Waals surface area contributed by atoms with Crippen molar-refractivity contribution in [3.63, 3.8) is 0 Å². The van der Waals surface area contributed by atoms with Crippen LogP contribution in [0.1, 0.15) is 66.2 Å². The van der Waals surface area contributed by atoms with E-state index in [1.54, 1.807) is 6.92 Å². The van der Waals surface area contributed by atoms with Crippen LogP contribution in [-0.4, -0.2) is 17.3 Å². The number of carbonyl (C=O) groups is 3. The first-order chi connectivity index (χ1) is 11.7. The normalized spacial score (nSPS) is 43.4. The van der Waals surface area contributed by atoms with Gasteiger partial charge in [0.05, 0.1) is 0 Å². The summed E-state index contributed by atoms with van der Waals surface area (Å²) in [5, 5.41) is 0. The van der Waals surface area contributed by atoms with Gasteiger partial charge >= 0.3 is 0 Å². The van der Waals surface area contributed by atoms with Crippen LogP contribution in [0.15, 0.2) is 22.8 Å². The number of Topliss-reactive ketones (excluding diaryl/α,β-unsaturated/α-hetero) is 3. The van der Waals surface area contributed by atoms with Gasteiger partial charge in [-0.05, 0) is 43.4 Å². The summed E-state index contributed by atoms with van der Waals surface area (Å²) < 4.78 is 0. The number of rotatable bonds is 1. The lowest BCUT2D eigenvalue weighted by Gasteiger charge is -2.51. The smallest absolute Gasteiger partial charge is 0.160 e. The zero-order chi connectivity index (χ0) is 18.1. The molecule has 3 heteroatoms. The second kappa shape index (κ2) is 5.25. The molecule has 134 valence electrons. The van der Waals surface area contributed by atoms with Gasteiger partial charge in [0.2, 0.25) is 0 Å². The minimum atomic E-state index is -0.261. The second-order valence-electron chi connectivity index (χ2n) is 9.26. The number of hydrogen-bond donors (Lipinski definition) is 0. The van der Waals surface area contributed by atoms with Crippen molar-refractivity contribution in [1.82, 2.24) is 0 Å². The van der Waals surface area contributed by atoms with Gasteiger partial charge in [0.1, 0.15) is 11.6 Å². The summed E-state index contributed by atoms with van der Waals surface area (Å²) >= 11 is 0.